The molecule has 0 aliphatic carbocycles. The summed E-state index contributed by atoms with van der Waals surface area (Å²) in [6, 6.07) is 13.5. The average Bonchev–Trinajstić information content (AvgIpc) is 2.98. The summed E-state index contributed by atoms with van der Waals surface area (Å²) in [6.07, 6.45) is 0.476. The average molecular weight is 347 g/mol. The molecule has 6 heteroatoms. The lowest BCUT2D eigenvalue weighted by atomic mass is 10.1. The quantitative estimate of drug-likeness (QED) is 0.865. The van der Waals surface area contributed by atoms with E-state index < -0.39 is 11.7 Å². The van der Waals surface area contributed by atoms with Crippen LogP contribution in [0.25, 0.3) is 0 Å². The van der Waals surface area contributed by atoms with Crippen LogP contribution in [0.5, 0.6) is 0 Å². The molecule has 1 heterocycles. The van der Waals surface area contributed by atoms with Gasteiger partial charge in [-0.2, -0.15) is 0 Å². The fraction of sp³-hybridized carbons (Fsp3) is 0.222. The lowest BCUT2D eigenvalue weighted by Gasteiger charge is -2.16. The summed E-state index contributed by atoms with van der Waals surface area (Å²) in [5, 5.41) is 2.73. The van der Waals surface area contributed by atoms with Gasteiger partial charge < -0.3 is 10.2 Å². The summed E-state index contributed by atoms with van der Waals surface area (Å²) < 4.78 is 13.1. The van der Waals surface area contributed by atoms with Gasteiger partial charge >= 0.3 is 0 Å². The van der Waals surface area contributed by atoms with Crippen molar-refractivity contribution in [3.05, 3.63) is 64.9 Å². The molecule has 1 atom stereocenters. The standard InChI is InChI=1S/C18H16ClFN2O2/c19-15-10-12(6-7-16(15)20)11-21-17(23)14-8-9-22(18(14)24)13-4-2-1-3-5-13/h1-7,10,14H,8-9,11H2,(H,21,23). The predicted molar refractivity (Wildman–Crippen MR) is 90.2 cm³/mol. The van der Waals surface area contributed by atoms with Crippen molar-refractivity contribution < 1.29 is 14.0 Å². The zero-order chi connectivity index (χ0) is 17.1. The Balaban J connectivity index is 1.61. The highest BCUT2D eigenvalue weighted by Crippen LogP contribution is 2.25. The highest BCUT2D eigenvalue weighted by molar-refractivity contribution is 6.30. The van der Waals surface area contributed by atoms with Crippen molar-refractivity contribution in [2.45, 2.75) is 13.0 Å². The number of nitrogens with zero attached hydrogens (tertiary/aromatic N) is 1. The third-order valence-electron chi connectivity index (χ3n) is 4.04. The van der Waals surface area contributed by atoms with Crippen LogP contribution in [0, 0.1) is 11.7 Å². The number of nitrogens with one attached hydrogen (secondary N) is 1. The third-order valence-corrected chi connectivity index (χ3v) is 4.33. The van der Waals surface area contributed by atoms with E-state index in [2.05, 4.69) is 5.32 Å². The van der Waals surface area contributed by atoms with Gasteiger partial charge in [-0.15, -0.1) is 0 Å². The van der Waals surface area contributed by atoms with Crippen LogP contribution in [0.1, 0.15) is 12.0 Å². The third kappa shape index (κ3) is 3.41. The molecule has 0 aromatic heterocycles. The van der Waals surface area contributed by atoms with E-state index in [1.54, 1.807) is 11.0 Å². The minimum atomic E-state index is -0.693. The minimum Gasteiger partial charge on any atom is -0.351 e. The van der Waals surface area contributed by atoms with E-state index in [1.807, 2.05) is 30.3 Å². The van der Waals surface area contributed by atoms with E-state index >= 15 is 0 Å². The summed E-state index contributed by atoms with van der Waals surface area (Å²) in [6.45, 7) is 0.720. The van der Waals surface area contributed by atoms with Crippen molar-refractivity contribution >= 4 is 29.1 Å². The van der Waals surface area contributed by atoms with Crippen LogP contribution in [0.15, 0.2) is 48.5 Å². The molecule has 2 aromatic carbocycles. The van der Waals surface area contributed by atoms with Crippen LogP contribution in [0.4, 0.5) is 10.1 Å². The summed E-state index contributed by atoms with van der Waals surface area (Å²) in [4.78, 5) is 26.4. The van der Waals surface area contributed by atoms with Gasteiger partial charge in [0, 0.05) is 18.8 Å². The summed E-state index contributed by atoms with van der Waals surface area (Å²) in [5.74, 6) is -1.72. The summed E-state index contributed by atoms with van der Waals surface area (Å²) in [5.41, 5.74) is 1.48. The number of anilines is 1. The molecule has 1 fully saturated rings. The number of halogens is 2. The molecule has 1 aliphatic rings. The van der Waals surface area contributed by atoms with Crippen LogP contribution >= 0.6 is 11.6 Å². The Bertz CT molecular complexity index is 767. The number of hydrogen-bond acceptors (Lipinski definition) is 2. The monoisotopic (exact) mass is 346 g/mol. The molecule has 1 aliphatic heterocycles. The summed E-state index contributed by atoms with van der Waals surface area (Å²) in [7, 11) is 0. The van der Waals surface area contributed by atoms with Gasteiger partial charge in [-0.05, 0) is 36.2 Å². The Morgan fingerprint density at radius 3 is 2.71 bits per heavy atom. The first kappa shape index (κ1) is 16.5. The molecule has 2 amide bonds. The molecule has 4 nitrogen and oxygen atoms in total. The maximum Gasteiger partial charge on any atom is 0.239 e. The zero-order valence-corrected chi connectivity index (χ0v) is 13.6. The van der Waals surface area contributed by atoms with E-state index in [9.17, 15) is 14.0 Å². The van der Waals surface area contributed by atoms with Crippen molar-refractivity contribution in [1.29, 1.82) is 0 Å². The second-order valence-corrected chi connectivity index (χ2v) is 6.04. The van der Waals surface area contributed by atoms with Gasteiger partial charge in [-0.3, -0.25) is 9.59 Å². The van der Waals surface area contributed by atoms with Crippen molar-refractivity contribution in [3.63, 3.8) is 0 Å². The lowest BCUT2D eigenvalue weighted by molar-refractivity contribution is -0.132. The highest BCUT2D eigenvalue weighted by atomic mass is 35.5. The highest BCUT2D eigenvalue weighted by Gasteiger charge is 2.37. The Morgan fingerprint density at radius 2 is 2.00 bits per heavy atom. The van der Waals surface area contributed by atoms with Crippen molar-refractivity contribution in [2.24, 2.45) is 5.92 Å². The molecule has 0 saturated carbocycles. The maximum atomic E-state index is 13.1. The molecule has 1 N–H and O–H groups in total. The van der Waals surface area contributed by atoms with Crippen LogP contribution in [0.2, 0.25) is 5.02 Å². The van der Waals surface area contributed by atoms with Crippen molar-refractivity contribution in [1.82, 2.24) is 5.32 Å². The van der Waals surface area contributed by atoms with Crippen LogP contribution in [0.3, 0.4) is 0 Å². The van der Waals surface area contributed by atoms with Gasteiger partial charge in [0.25, 0.3) is 0 Å². The SMILES string of the molecule is O=C(NCc1ccc(F)c(Cl)c1)C1CCN(c2ccccc2)C1=O. The first-order valence-electron chi connectivity index (χ1n) is 7.64. The first-order chi connectivity index (χ1) is 11.6. The molecule has 1 saturated heterocycles. The second kappa shape index (κ2) is 7.01. The number of carbonyl (C=O) groups excluding carboxylic acids is 2. The predicted octanol–water partition coefficient (Wildman–Crippen LogP) is 3.15. The first-order valence-corrected chi connectivity index (χ1v) is 8.02. The topological polar surface area (TPSA) is 49.4 Å². The molecule has 3 rings (SSSR count). The van der Waals surface area contributed by atoms with E-state index in [4.69, 9.17) is 11.6 Å². The molecular weight excluding hydrogens is 331 g/mol. The molecule has 0 spiro atoms. The van der Waals surface area contributed by atoms with E-state index in [-0.39, 0.29) is 23.4 Å². The van der Waals surface area contributed by atoms with Crippen LogP contribution in [-0.2, 0) is 16.1 Å². The molecule has 24 heavy (non-hydrogen) atoms. The maximum absolute atomic E-state index is 13.1. The molecule has 0 radical (unpaired) electrons. The number of carbonyl (C=O) groups is 2. The van der Waals surface area contributed by atoms with Gasteiger partial charge in [-0.25, -0.2) is 4.39 Å². The molecular formula is C18H16ClFN2O2. The Hall–Kier alpha value is -2.40. The molecule has 1 unspecified atom stereocenters. The van der Waals surface area contributed by atoms with Crippen LogP contribution in [-0.4, -0.2) is 18.4 Å². The van der Waals surface area contributed by atoms with Crippen molar-refractivity contribution in [3.8, 4) is 0 Å². The number of amides is 2. The fourth-order valence-electron chi connectivity index (χ4n) is 2.75. The normalized spacial score (nSPS) is 17.2. The largest absolute Gasteiger partial charge is 0.351 e. The number of para-hydroxylation sites is 1. The van der Waals surface area contributed by atoms with E-state index in [0.29, 0.717) is 18.5 Å². The fourth-order valence-corrected chi connectivity index (χ4v) is 2.95. The second-order valence-electron chi connectivity index (χ2n) is 5.63. The Labute approximate surface area is 144 Å². The van der Waals surface area contributed by atoms with Crippen LogP contribution < -0.4 is 10.2 Å². The van der Waals surface area contributed by atoms with Gasteiger partial charge in [-0.1, -0.05) is 35.9 Å². The number of benzene rings is 2. The number of hydrogen-bond donors (Lipinski definition) is 1. The lowest BCUT2D eigenvalue weighted by Crippen LogP contribution is -2.36. The minimum absolute atomic E-state index is 0.00828. The molecule has 2 aromatic rings. The Kier molecular flexibility index (Phi) is 4.81. The van der Waals surface area contributed by atoms with E-state index in [1.165, 1.54) is 12.1 Å². The van der Waals surface area contributed by atoms with Gasteiger partial charge in [0.1, 0.15) is 11.7 Å². The smallest absolute Gasteiger partial charge is 0.239 e. The number of rotatable bonds is 4. The van der Waals surface area contributed by atoms with Crippen molar-refractivity contribution in [2.75, 3.05) is 11.4 Å². The Morgan fingerprint density at radius 1 is 1.25 bits per heavy atom. The van der Waals surface area contributed by atoms with Gasteiger partial charge in [0.05, 0.1) is 5.02 Å². The molecule has 124 valence electrons. The van der Waals surface area contributed by atoms with Gasteiger partial charge in [0.2, 0.25) is 11.8 Å². The van der Waals surface area contributed by atoms with E-state index in [0.717, 1.165) is 5.69 Å². The molecule has 0 bridgehead atoms. The van der Waals surface area contributed by atoms with Gasteiger partial charge in [0.15, 0.2) is 0 Å². The summed E-state index contributed by atoms with van der Waals surface area (Å²) >= 11 is 5.72. The zero-order valence-electron chi connectivity index (χ0n) is 12.8.